The topological polar surface area (TPSA) is 106 Å². The zero-order valence-corrected chi connectivity index (χ0v) is 15.7. The van der Waals surface area contributed by atoms with E-state index in [1.807, 2.05) is 0 Å². The lowest BCUT2D eigenvalue weighted by molar-refractivity contribution is 0.0698. The molecule has 0 spiro atoms. The number of para-hydroxylation sites is 1. The van der Waals surface area contributed by atoms with Crippen LogP contribution in [-0.4, -0.2) is 35.3 Å². The number of benzene rings is 2. The van der Waals surface area contributed by atoms with Gasteiger partial charge in [0.05, 0.1) is 31.2 Å². The molecule has 0 aliphatic carbocycles. The maximum atomic E-state index is 11.4. The summed E-state index contributed by atoms with van der Waals surface area (Å²) in [5, 5.41) is 15.6. The third-order valence-electron chi connectivity index (χ3n) is 3.93. The predicted molar refractivity (Wildman–Crippen MR) is 106 cm³/mol. The molecule has 0 radical (unpaired) electrons. The average molecular weight is 380 g/mol. The van der Waals surface area contributed by atoms with Crippen molar-refractivity contribution in [1.82, 2.24) is 9.97 Å². The molecule has 0 aliphatic heterocycles. The Hall–Kier alpha value is -3.81. The summed E-state index contributed by atoms with van der Waals surface area (Å²) in [7, 11) is 3.16. The van der Waals surface area contributed by atoms with Crippen molar-refractivity contribution in [1.29, 1.82) is 0 Å². The highest BCUT2D eigenvalue weighted by atomic mass is 16.5. The number of carbonyl (C=O) groups is 1. The SMILES string of the molecule is COc1ccc(OC)c(Nc2cc(Nc3ccccc3C(=O)O)nc(C)n2)c1. The number of hydrogen-bond acceptors (Lipinski definition) is 7. The minimum atomic E-state index is -1.02. The summed E-state index contributed by atoms with van der Waals surface area (Å²) in [5.41, 5.74) is 1.28. The smallest absolute Gasteiger partial charge is 0.337 e. The summed E-state index contributed by atoms with van der Waals surface area (Å²) in [6, 6.07) is 13.7. The number of nitrogens with one attached hydrogen (secondary N) is 2. The molecule has 8 nitrogen and oxygen atoms in total. The predicted octanol–water partition coefficient (Wildman–Crippen LogP) is 3.99. The van der Waals surface area contributed by atoms with E-state index in [9.17, 15) is 9.90 Å². The molecule has 1 heterocycles. The summed E-state index contributed by atoms with van der Waals surface area (Å²) in [6.45, 7) is 1.75. The number of carboxylic acids is 1. The van der Waals surface area contributed by atoms with Crippen LogP contribution >= 0.6 is 0 Å². The lowest BCUT2D eigenvalue weighted by atomic mass is 10.2. The number of carboxylic acid groups (broad SMARTS) is 1. The first-order chi connectivity index (χ1) is 13.5. The molecule has 0 unspecified atom stereocenters. The van der Waals surface area contributed by atoms with Crippen molar-refractivity contribution >= 4 is 29.0 Å². The van der Waals surface area contributed by atoms with E-state index < -0.39 is 5.97 Å². The molecule has 144 valence electrons. The standard InChI is InChI=1S/C20H20N4O4/c1-12-21-18(23-15-7-5-4-6-14(15)20(25)26)11-19(22-12)24-16-10-13(27-2)8-9-17(16)28-3/h4-11H,1-3H3,(H,25,26)(H2,21,22,23,24). The maximum absolute atomic E-state index is 11.4. The van der Waals surface area contributed by atoms with Crippen LogP contribution < -0.4 is 20.1 Å². The molecule has 0 aliphatic rings. The summed E-state index contributed by atoms with van der Waals surface area (Å²) in [4.78, 5) is 20.1. The first-order valence-electron chi connectivity index (χ1n) is 8.44. The van der Waals surface area contributed by atoms with Gasteiger partial charge >= 0.3 is 5.97 Å². The molecular weight excluding hydrogens is 360 g/mol. The van der Waals surface area contributed by atoms with Gasteiger partial charge in [-0.2, -0.15) is 0 Å². The largest absolute Gasteiger partial charge is 0.497 e. The van der Waals surface area contributed by atoms with Gasteiger partial charge in [-0.1, -0.05) is 12.1 Å². The van der Waals surface area contributed by atoms with Crippen LogP contribution in [0.15, 0.2) is 48.5 Å². The lowest BCUT2D eigenvalue weighted by Crippen LogP contribution is -2.05. The minimum absolute atomic E-state index is 0.155. The molecule has 0 bridgehead atoms. The second kappa shape index (κ2) is 8.26. The van der Waals surface area contributed by atoms with Crippen LogP contribution in [-0.2, 0) is 0 Å². The van der Waals surface area contributed by atoms with Crippen molar-refractivity contribution in [3.05, 3.63) is 59.9 Å². The number of aryl methyl sites for hydroxylation is 1. The highest BCUT2D eigenvalue weighted by Crippen LogP contribution is 2.31. The van der Waals surface area contributed by atoms with E-state index in [1.54, 1.807) is 63.6 Å². The molecule has 0 saturated carbocycles. The van der Waals surface area contributed by atoms with Gasteiger partial charge in [0.1, 0.15) is 29.0 Å². The number of aromatic carboxylic acids is 1. The van der Waals surface area contributed by atoms with Gasteiger partial charge in [-0.15, -0.1) is 0 Å². The molecular formula is C20H20N4O4. The van der Waals surface area contributed by atoms with Crippen molar-refractivity contribution in [2.24, 2.45) is 0 Å². The average Bonchev–Trinajstić information content (AvgIpc) is 2.67. The third-order valence-corrected chi connectivity index (χ3v) is 3.93. The minimum Gasteiger partial charge on any atom is -0.497 e. The normalized spacial score (nSPS) is 10.2. The van der Waals surface area contributed by atoms with E-state index in [1.165, 1.54) is 6.07 Å². The number of methoxy groups -OCH3 is 2. The number of rotatable bonds is 7. The summed E-state index contributed by atoms with van der Waals surface area (Å²) in [6.07, 6.45) is 0. The first kappa shape index (κ1) is 19.0. The van der Waals surface area contributed by atoms with Gasteiger partial charge in [-0.25, -0.2) is 14.8 Å². The number of hydrogen-bond donors (Lipinski definition) is 3. The van der Waals surface area contributed by atoms with Crippen LogP contribution in [0.5, 0.6) is 11.5 Å². The fourth-order valence-electron chi connectivity index (χ4n) is 2.66. The Bertz CT molecular complexity index is 1010. The van der Waals surface area contributed by atoms with Gasteiger partial charge in [0.15, 0.2) is 0 Å². The van der Waals surface area contributed by atoms with Crippen molar-refractivity contribution < 1.29 is 19.4 Å². The Morgan fingerprint density at radius 1 is 0.929 bits per heavy atom. The van der Waals surface area contributed by atoms with E-state index >= 15 is 0 Å². The number of ether oxygens (including phenoxy) is 2. The summed E-state index contributed by atoms with van der Waals surface area (Å²) in [5.74, 6) is 1.78. The van der Waals surface area contributed by atoms with Gasteiger partial charge < -0.3 is 25.2 Å². The van der Waals surface area contributed by atoms with Crippen LogP contribution in [0.25, 0.3) is 0 Å². The number of anilines is 4. The van der Waals surface area contributed by atoms with E-state index in [0.29, 0.717) is 40.3 Å². The zero-order valence-electron chi connectivity index (χ0n) is 15.7. The molecule has 8 heteroatoms. The highest BCUT2D eigenvalue weighted by molar-refractivity contribution is 5.95. The van der Waals surface area contributed by atoms with E-state index in [4.69, 9.17) is 9.47 Å². The van der Waals surface area contributed by atoms with Crippen LogP contribution in [0.2, 0.25) is 0 Å². The van der Waals surface area contributed by atoms with Gasteiger partial charge in [0.2, 0.25) is 0 Å². The van der Waals surface area contributed by atoms with E-state index in [2.05, 4.69) is 20.6 Å². The molecule has 0 saturated heterocycles. The van der Waals surface area contributed by atoms with Crippen molar-refractivity contribution in [2.45, 2.75) is 6.92 Å². The lowest BCUT2D eigenvalue weighted by Gasteiger charge is -2.14. The highest BCUT2D eigenvalue weighted by Gasteiger charge is 2.12. The van der Waals surface area contributed by atoms with E-state index in [-0.39, 0.29) is 5.56 Å². The van der Waals surface area contributed by atoms with Crippen molar-refractivity contribution in [3.8, 4) is 11.5 Å². The van der Waals surface area contributed by atoms with Gasteiger partial charge in [-0.3, -0.25) is 0 Å². The van der Waals surface area contributed by atoms with Gasteiger partial charge in [0, 0.05) is 12.1 Å². The second-order valence-corrected chi connectivity index (χ2v) is 5.85. The Kier molecular flexibility index (Phi) is 5.59. The van der Waals surface area contributed by atoms with Crippen molar-refractivity contribution in [2.75, 3.05) is 24.9 Å². The maximum Gasteiger partial charge on any atom is 0.337 e. The number of nitrogens with zero attached hydrogens (tertiary/aromatic N) is 2. The monoisotopic (exact) mass is 380 g/mol. The number of aromatic nitrogens is 2. The molecule has 28 heavy (non-hydrogen) atoms. The van der Waals surface area contributed by atoms with Gasteiger partial charge in [-0.05, 0) is 31.2 Å². The Morgan fingerprint density at radius 2 is 1.61 bits per heavy atom. The van der Waals surface area contributed by atoms with Crippen molar-refractivity contribution in [3.63, 3.8) is 0 Å². The quantitative estimate of drug-likeness (QED) is 0.565. The van der Waals surface area contributed by atoms with Crippen LogP contribution in [0.1, 0.15) is 16.2 Å². The Labute approximate surface area is 162 Å². The zero-order chi connectivity index (χ0) is 20.1. The van der Waals surface area contributed by atoms with Gasteiger partial charge in [0.25, 0.3) is 0 Å². The molecule has 3 rings (SSSR count). The van der Waals surface area contributed by atoms with Crippen LogP contribution in [0.3, 0.4) is 0 Å². The van der Waals surface area contributed by atoms with Crippen LogP contribution in [0, 0.1) is 6.92 Å². The molecule has 2 aromatic carbocycles. The molecule has 3 N–H and O–H groups in total. The summed E-state index contributed by atoms with van der Waals surface area (Å²) < 4.78 is 10.6. The molecule has 0 fully saturated rings. The molecule has 0 atom stereocenters. The molecule has 3 aromatic rings. The van der Waals surface area contributed by atoms with E-state index in [0.717, 1.165) is 0 Å². The first-order valence-corrected chi connectivity index (χ1v) is 8.44. The Morgan fingerprint density at radius 3 is 2.25 bits per heavy atom. The molecule has 0 amide bonds. The second-order valence-electron chi connectivity index (χ2n) is 5.85. The molecule has 1 aromatic heterocycles. The fourth-order valence-corrected chi connectivity index (χ4v) is 2.66. The summed E-state index contributed by atoms with van der Waals surface area (Å²) >= 11 is 0. The van der Waals surface area contributed by atoms with Crippen LogP contribution in [0.4, 0.5) is 23.0 Å². The third kappa shape index (κ3) is 4.29. The Balaban J connectivity index is 1.92. The fraction of sp³-hybridized carbons (Fsp3) is 0.150.